The van der Waals surface area contributed by atoms with Crippen LogP contribution >= 0.6 is 0 Å². The average Bonchev–Trinajstić information content (AvgIpc) is 1.89. The van der Waals surface area contributed by atoms with E-state index in [4.69, 9.17) is 9.85 Å². The minimum Gasteiger partial charge on any atom is -0.457 e. The Morgan fingerprint density at radius 1 is 1.40 bits per heavy atom. The van der Waals surface area contributed by atoms with Gasteiger partial charge < -0.3 is 9.85 Å². The first-order valence-corrected chi connectivity index (χ1v) is 7.19. The molecule has 0 aromatic heterocycles. The SMILES string of the molecule is C[Si](C)(CCCCN)O[Si]. The van der Waals surface area contributed by atoms with Crippen molar-refractivity contribution in [1.82, 2.24) is 0 Å². The van der Waals surface area contributed by atoms with Gasteiger partial charge in [0.25, 0.3) is 0 Å². The summed E-state index contributed by atoms with van der Waals surface area (Å²) in [5.41, 5.74) is 5.36. The number of nitrogens with two attached hydrogens (primary N) is 1. The zero-order valence-electron chi connectivity index (χ0n) is 6.81. The largest absolute Gasteiger partial charge is 0.457 e. The Bertz CT molecular complexity index is 87.8. The molecule has 0 heterocycles. The van der Waals surface area contributed by atoms with Crippen LogP contribution in [0.25, 0.3) is 0 Å². The molecule has 0 atom stereocenters. The quantitative estimate of drug-likeness (QED) is 0.499. The average molecular weight is 174 g/mol. The van der Waals surface area contributed by atoms with Crippen LogP contribution in [-0.2, 0) is 4.12 Å². The zero-order valence-corrected chi connectivity index (χ0v) is 8.81. The minimum absolute atomic E-state index is 0.798. The number of unbranched alkanes of at least 4 members (excludes halogenated alkanes) is 1. The predicted molar refractivity (Wildman–Crippen MR) is 47.4 cm³/mol. The van der Waals surface area contributed by atoms with Gasteiger partial charge in [-0.15, -0.1) is 0 Å². The molecule has 2 nitrogen and oxygen atoms in total. The van der Waals surface area contributed by atoms with Gasteiger partial charge in [-0.2, -0.15) is 0 Å². The normalized spacial score (nSPS) is 12.0. The highest BCUT2D eigenvalue weighted by molar-refractivity contribution is 6.73. The molecule has 0 saturated heterocycles. The van der Waals surface area contributed by atoms with Gasteiger partial charge in [-0.1, -0.05) is 6.42 Å². The van der Waals surface area contributed by atoms with E-state index in [1.54, 1.807) is 0 Å². The highest BCUT2D eigenvalue weighted by atomic mass is 28.4. The van der Waals surface area contributed by atoms with Crippen molar-refractivity contribution in [3.05, 3.63) is 0 Å². The number of rotatable bonds is 5. The van der Waals surface area contributed by atoms with Crippen LogP contribution in [0.2, 0.25) is 19.1 Å². The fourth-order valence-corrected chi connectivity index (χ4v) is 2.26. The Hall–Kier alpha value is 0.354. The maximum Gasteiger partial charge on any atom is 0.230 e. The fourth-order valence-electron chi connectivity index (χ4n) is 0.746. The Morgan fingerprint density at radius 3 is 2.40 bits per heavy atom. The van der Waals surface area contributed by atoms with Crippen LogP contribution in [0, 0.1) is 0 Å². The van der Waals surface area contributed by atoms with Crippen molar-refractivity contribution in [2.75, 3.05) is 6.54 Å². The Balaban J connectivity index is 3.28. The molecule has 0 rings (SSSR count). The van der Waals surface area contributed by atoms with E-state index >= 15 is 0 Å². The fraction of sp³-hybridized carbons (Fsp3) is 1.00. The minimum atomic E-state index is -1.36. The molecular formula is C6H16NOSi2. The Kier molecular flexibility index (Phi) is 5.24. The second-order valence-electron chi connectivity index (χ2n) is 3.11. The van der Waals surface area contributed by atoms with Crippen molar-refractivity contribution in [1.29, 1.82) is 0 Å². The van der Waals surface area contributed by atoms with Crippen LogP contribution in [0.1, 0.15) is 12.8 Å². The first-order valence-electron chi connectivity index (χ1n) is 3.67. The first-order chi connectivity index (χ1) is 4.62. The van der Waals surface area contributed by atoms with Crippen molar-refractivity contribution in [3.8, 4) is 0 Å². The summed E-state index contributed by atoms with van der Waals surface area (Å²) in [6.45, 7) is 5.18. The molecule has 0 saturated carbocycles. The van der Waals surface area contributed by atoms with Crippen LogP contribution in [0.3, 0.4) is 0 Å². The first kappa shape index (κ1) is 10.4. The lowest BCUT2D eigenvalue weighted by Gasteiger charge is -2.19. The smallest absolute Gasteiger partial charge is 0.230 e. The molecule has 0 aliphatic carbocycles. The summed E-state index contributed by atoms with van der Waals surface area (Å²) in [7, 11) is 1.74. The molecule has 3 radical (unpaired) electrons. The van der Waals surface area contributed by atoms with Crippen molar-refractivity contribution in [2.45, 2.75) is 32.0 Å². The molecule has 0 aromatic carbocycles. The van der Waals surface area contributed by atoms with E-state index in [1.165, 1.54) is 12.5 Å². The monoisotopic (exact) mass is 174 g/mol. The van der Waals surface area contributed by atoms with Gasteiger partial charge in [0.2, 0.25) is 10.5 Å². The van der Waals surface area contributed by atoms with E-state index in [9.17, 15) is 0 Å². The predicted octanol–water partition coefficient (Wildman–Crippen LogP) is 1.03. The molecule has 0 amide bonds. The van der Waals surface area contributed by atoms with Crippen molar-refractivity contribution >= 4 is 18.8 Å². The van der Waals surface area contributed by atoms with Gasteiger partial charge in [0.1, 0.15) is 0 Å². The van der Waals surface area contributed by atoms with Gasteiger partial charge in [0.15, 0.2) is 8.32 Å². The summed E-state index contributed by atoms with van der Waals surface area (Å²) in [6, 6.07) is 1.19. The molecule has 0 aliphatic rings. The zero-order chi connectivity index (χ0) is 8.04. The molecule has 0 unspecified atom stereocenters. The van der Waals surface area contributed by atoms with Crippen LogP contribution < -0.4 is 5.73 Å². The van der Waals surface area contributed by atoms with Gasteiger partial charge in [0.05, 0.1) is 0 Å². The van der Waals surface area contributed by atoms with E-state index in [2.05, 4.69) is 23.6 Å². The third-order valence-corrected chi connectivity index (χ3v) is 5.28. The molecule has 0 fully saturated rings. The van der Waals surface area contributed by atoms with Crippen molar-refractivity contribution in [3.63, 3.8) is 0 Å². The molecule has 4 heteroatoms. The van der Waals surface area contributed by atoms with Gasteiger partial charge in [-0.3, -0.25) is 0 Å². The molecular weight excluding hydrogens is 158 g/mol. The second kappa shape index (κ2) is 5.06. The summed E-state index contributed by atoms with van der Waals surface area (Å²) < 4.78 is 5.19. The molecule has 0 spiro atoms. The highest BCUT2D eigenvalue weighted by Crippen LogP contribution is 2.12. The summed E-state index contributed by atoms with van der Waals surface area (Å²) in [6.07, 6.45) is 2.31. The lowest BCUT2D eigenvalue weighted by atomic mass is 10.3. The summed E-state index contributed by atoms with van der Waals surface area (Å²) >= 11 is 0. The molecule has 59 valence electrons. The van der Waals surface area contributed by atoms with Crippen LogP contribution in [0.4, 0.5) is 0 Å². The van der Waals surface area contributed by atoms with E-state index in [-0.39, 0.29) is 0 Å². The maximum atomic E-state index is 5.36. The molecule has 0 aliphatic heterocycles. The van der Waals surface area contributed by atoms with Gasteiger partial charge in [-0.25, -0.2) is 0 Å². The maximum absolute atomic E-state index is 5.36. The highest BCUT2D eigenvalue weighted by Gasteiger charge is 2.18. The Morgan fingerprint density at radius 2 is 2.00 bits per heavy atom. The lowest BCUT2D eigenvalue weighted by Crippen LogP contribution is -2.28. The van der Waals surface area contributed by atoms with E-state index in [1.807, 2.05) is 0 Å². The molecule has 0 aromatic rings. The molecule has 2 N–H and O–H groups in total. The van der Waals surface area contributed by atoms with Crippen molar-refractivity contribution < 1.29 is 4.12 Å². The number of hydrogen-bond acceptors (Lipinski definition) is 2. The number of hydrogen-bond donors (Lipinski definition) is 1. The summed E-state index contributed by atoms with van der Waals surface area (Å²) in [4.78, 5) is 0. The Labute approximate surface area is 67.8 Å². The van der Waals surface area contributed by atoms with E-state index in [0.29, 0.717) is 0 Å². The lowest BCUT2D eigenvalue weighted by molar-refractivity contribution is 0.596. The van der Waals surface area contributed by atoms with Crippen LogP contribution in [-0.4, -0.2) is 25.3 Å². The standard InChI is InChI=1S/C6H16NOSi2/c1-10(2,8-9)6-4-3-5-7/h3-7H2,1-2H3. The topological polar surface area (TPSA) is 35.2 Å². The van der Waals surface area contributed by atoms with Gasteiger partial charge >= 0.3 is 0 Å². The van der Waals surface area contributed by atoms with Crippen molar-refractivity contribution in [2.24, 2.45) is 5.73 Å². The third kappa shape index (κ3) is 5.16. The third-order valence-electron chi connectivity index (χ3n) is 1.51. The summed E-state index contributed by atoms with van der Waals surface area (Å²) in [5.74, 6) is 0. The summed E-state index contributed by atoms with van der Waals surface area (Å²) in [5, 5.41) is 0. The van der Waals surface area contributed by atoms with E-state index in [0.717, 1.165) is 13.0 Å². The van der Waals surface area contributed by atoms with E-state index < -0.39 is 8.32 Å². The van der Waals surface area contributed by atoms with Gasteiger partial charge in [0, 0.05) is 0 Å². The van der Waals surface area contributed by atoms with Gasteiger partial charge in [-0.05, 0) is 32.1 Å². The second-order valence-corrected chi connectivity index (χ2v) is 7.94. The van der Waals surface area contributed by atoms with Crippen LogP contribution in [0.5, 0.6) is 0 Å². The molecule has 0 bridgehead atoms. The van der Waals surface area contributed by atoms with Crippen LogP contribution in [0.15, 0.2) is 0 Å². The molecule has 10 heavy (non-hydrogen) atoms.